The predicted octanol–water partition coefficient (Wildman–Crippen LogP) is 3.99. The fourth-order valence-corrected chi connectivity index (χ4v) is 5.19. The van der Waals surface area contributed by atoms with Crippen LogP contribution in [0.25, 0.3) is 0 Å². The van der Waals surface area contributed by atoms with Crippen LogP contribution in [0.1, 0.15) is 75.7 Å². The molecule has 0 spiro atoms. The number of carbonyl (C=O) groups excluding carboxylic acids is 2. The number of carbonyl (C=O) groups is 2. The first-order valence-corrected chi connectivity index (χ1v) is 11.1. The molecule has 2 aromatic rings. The normalized spacial score (nSPS) is 19.6. The van der Waals surface area contributed by atoms with Crippen molar-refractivity contribution in [1.82, 2.24) is 9.62 Å². The molecule has 3 N–H and O–H groups in total. The molecule has 0 radical (unpaired) electrons. The Balaban J connectivity index is 1.47. The van der Waals surface area contributed by atoms with Gasteiger partial charge in [-0.25, -0.2) is 4.31 Å². The monoisotopic (exact) mass is 413 g/mol. The van der Waals surface area contributed by atoms with Crippen LogP contribution in [0.3, 0.4) is 0 Å². The van der Waals surface area contributed by atoms with E-state index in [1.807, 2.05) is 25.1 Å². The van der Waals surface area contributed by atoms with E-state index < -0.39 is 5.91 Å². The molecule has 1 atom stereocenters. The molecule has 1 aliphatic heterocycles. The van der Waals surface area contributed by atoms with E-state index in [2.05, 4.69) is 9.62 Å². The number of rotatable bonds is 5. The molecule has 7 heteroatoms. The Morgan fingerprint density at radius 3 is 2.72 bits per heavy atom. The Morgan fingerprint density at radius 1 is 1.17 bits per heavy atom. The fourth-order valence-electron chi connectivity index (χ4n) is 4.16. The molecule has 1 unspecified atom stereocenters. The lowest BCUT2D eigenvalue weighted by Gasteiger charge is -2.26. The molecule has 0 saturated carbocycles. The Bertz CT molecular complexity index is 918. The van der Waals surface area contributed by atoms with Gasteiger partial charge < -0.3 is 15.5 Å². The van der Waals surface area contributed by atoms with Gasteiger partial charge in [0, 0.05) is 24.7 Å². The van der Waals surface area contributed by atoms with Gasteiger partial charge in [-0.1, -0.05) is 12.5 Å². The minimum atomic E-state index is -0.424. The van der Waals surface area contributed by atoms with Crippen LogP contribution in [0, 0.1) is 6.92 Å². The first kappa shape index (κ1) is 20.0. The van der Waals surface area contributed by atoms with E-state index in [0.717, 1.165) is 48.6 Å². The average molecular weight is 414 g/mol. The summed E-state index contributed by atoms with van der Waals surface area (Å²) in [6.07, 6.45) is 6.43. The third-order valence-electron chi connectivity index (χ3n) is 5.72. The smallest absolute Gasteiger partial charge is 0.255 e. The Labute approximate surface area is 175 Å². The lowest BCUT2D eigenvalue weighted by Crippen LogP contribution is -2.31. The number of nitrogens with two attached hydrogens (primary N) is 1. The minimum absolute atomic E-state index is 0.0688. The van der Waals surface area contributed by atoms with Gasteiger partial charge in [0.15, 0.2) is 5.09 Å². The van der Waals surface area contributed by atoms with E-state index >= 15 is 0 Å². The van der Waals surface area contributed by atoms with Crippen LogP contribution in [-0.4, -0.2) is 29.2 Å². The molecule has 4 rings (SSSR count). The maximum atomic E-state index is 13.0. The van der Waals surface area contributed by atoms with Gasteiger partial charge in [-0.3, -0.25) is 9.59 Å². The van der Waals surface area contributed by atoms with Gasteiger partial charge in [-0.15, -0.1) is 0 Å². The number of benzene rings is 1. The standard InChI is InChI=1S/C22H27N3O3S/c1-14-18(13-20(28-14)29-25-10-3-2-4-11-25)22(27)24-19-7-5-6-15-12-16(21(23)26)8-9-17(15)19/h8-9,12-13,19H,2-7,10-11H2,1H3,(H2,23,26)(H,24,27). The molecule has 29 heavy (non-hydrogen) atoms. The third-order valence-corrected chi connectivity index (χ3v) is 6.73. The van der Waals surface area contributed by atoms with Crippen LogP contribution < -0.4 is 11.1 Å². The first-order chi connectivity index (χ1) is 14.0. The molecule has 2 amide bonds. The molecule has 1 aromatic heterocycles. The second-order valence-corrected chi connectivity index (χ2v) is 8.91. The highest BCUT2D eigenvalue weighted by molar-refractivity contribution is 7.96. The van der Waals surface area contributed by atoms with Crippen molar-refractivity contribution in [2.45, 2.75) is 56.6 Å². The number of nitrogens with one attached hydrogen (secondary N) is 1. The molecule has 2 aliphatic rings. The summed E-state index contributed by atoms with van der Waals surface area (Å²) in [6, 6.07) is 7.29. The number of primary amides is 1. The molecule has 1 aromatic carbocycles. The largest absolute Gasteiger partial charge is 0.453 e. The number of hydrogen-bond acceptors (Lipinski definition) is 5. The maximum Gasteiger partial charge on any atom is 0.255 e. The van der Waals surface area contributed by atoms with Crippen molar-refractivity contribution in [2.75, 3.05) is 13.1 Å². The minimum Gasteiger partial charge on any atom is -0.453 e. The van der Waals surface area contributed by atoms with Crippen LogP contribution >= 0.6 is 11.9 Å². The summed E-state index contributed by atoms with van der Waals surface area (Å²) in [4.78, 5) is 24.4. The molecule has 0 bridgehead atoms. The quantitative estimate of drug-likeness (QED) is 0.724. The summed E-state index contributed by atoms with van der Waals surface area (Å²) in [5.41, 5.74) is 8.66. The van der Waals surface area contributed by atoms with Gasteiger partial charge in [0.25, 0.3) is 5.91 Å². The van der Waals surface area contributed by atoms with Crippen molar-refractivity contribution in [3.63, 3.8) is 0 Å². The number of fused-ring (bicyclic) bond motifs is 1. The summed E-state index contributed by atoms with van der Waals surface area (Å²) in [7, 11) is 0. The van der Waals surface area contributed by atoms with Crippen molar-refractivity contribution in [3.05, 3.63) is 52.3 Å². The second kappa shape index (κ2) is 8.63. The summed E-state index contributed by atoms with van der Waals surface area (Å²) in [5.74, 6) is 0.0995. The van der Waals surface area contributed by atoms with Gasteiger partial charge in [-0.05, 0) is 74.2 Å². The van der Waals surface area contributed by atoms with E-state index in [1.165, 1.54) is 19.3 Å². The number of aryl methyl sites for hydroxylation is 2. The van der Waals surface area contributed by atoms with Crippen LogP contribution in [0.5, 0.6) is 0 Å². The molecular formula is C22H27N3O3S. The number of piperidine rings is 1. The highest BCUT2D eigenvalue weighted by Crippen LogP contribution is 2.32. The first-order valence-electron chi connectivity index (χ1n) is 10.3. The highest BCUT2D eigenvalue weighted by atomic mass is 32.2. The van der Waals surface area contributed by atoms with E-state index in [1.54, 1.807) is 18.0 Å². The zero-order valence-electron chi connectivity index (χ0n) is 16.7. The van der Waals surface area contributed by atoms with Crippen molar-refractivity contribution in [3.8, 4) is 0 Å². The van der Waals surface area contributed by atoms with Gasteiger partial charge in [0.1, 0.15) is 5.76 Å². The number of amides is 2. The van der Waals surface area contributed by atoms with Crippen molar-refractivity contribution < 1.29 is 14.0 Å². The zero-order valence-corrected chi connectivity index (χ0v) is 17.5. The van der Waals surface area contributed by atoms with Crippen molar-refractivity contribution in [1.29, 1.82) is 0 Å². The van der Waals surface area contributed by atoms with Crippen molar-refractivity contribution >= 4 is 23.8 Å². The van der Waals surface area contributed by atoms with E-state index in [-0.39, 0.29) is 11.9 Å². The number of furan rings is 1. The van der Waals surface area contributed by atoms with E-state index in [9.17, 15) is 9.59 Å². The predicted molar refractivity (Wildman–Crippen MR) is 113 cm³/mol. The number of nitrogens with zero attached hydrogens (tertiary/aromatic N) is 1. The lowest BCUT2D eigenvalue weighted by atomic mass is 9.86. The highest BCUT2D eigenvalue weighted by Gasteiger charge is 2.25. The van der Waals surface area contributed by atoms with Crippen molar-refractivity contribution in [2.24, 2.45) is 5.73 Å². The molecule has 1 fully saturated rings. The molecule has 154 valence electrons. The van der Waals surface area contributed by atoms with Crippen LogP contribution in [0.4, 0.5) is 0 Å². The second-order valence-electron chi connectivity index (χ2n) is 7.81. The molecule has 6 nitrogen and oxygen atoms in total. The zero-order chi connectivity index (χ0) is 20.4. The van der Waals surface area contributed by atoms with Gasteiger partial charge in [0.05, 0.1) is 11.6 Å². The van der Waals surface area contributed by atoms with Crippen LogP contribution in [0.15, 0.2) is 33.8 Å². The van der Waals surface area contributed by atoms with E-state index in [4.69, 9.17) is 10.2 Å². The molecule has 2 heterocycles. The van der Waals surface area contributed by atoms with Gasteiger partial charge >= 0.3 is 0 Å². The Hall–Kier alpha value is -2.25. The van der Waals surface area contributed by atoms with E-state index in [0.29, 0.717) is 16.9 Å². The Kier molecular flexibility index (Phi) is 5.96. The lowest BCUT2D eigenvalue weighted by molar-refractivity contribution is 0.0929. The summed E-state index contributed by atoms with van der Waals surface area (Å²) < 4.78 is 8.15. The third kappa shape index (κ3) is 4.51. The van der Waals surface area contributed by atoms with Gasteiger partial charge in [0.2, 0.25) is 5.91 Å². The topological polar surface area (TPSA) is 88.6 Å². The summed E-state index contributed by atoms with van der Waals surface area (Å²) in [6.45, 7) is 3.94. The Morgan fingerprint density at radius 2 is 1.97 bits per heavy atom. The van der Waals surface area contributed by atoms with Crippen LogP contribution in [-0.2, 0) is 6.42 Å². The number of hydrogen-bond donors (Lipinski definition) is 2. The molecular weight excluding hydrogens is 386 g/mol. The van der Waals surface area contributed by atoms with Gasteiger partial charge in [-0.2, -0.15) is 0 Å². The molecule has 1 saturated heterocycles. The summed E-state index contributed by atoms with van der Waals surface area (Å²) >= 11 is 1.60. The molecule has 1 aliphatic carbocycles. The average Bonchev–Trinajstić information content (AvgIpc) is 3.08. The fraction of sp³-hybridized carbons (Fsp3) is 0.455. The maximum absolute atomic E-state index is 13.0. The van der Waals surface area contributed by atoms with Crippen LogP contribution in [0.2, 0.25) is 0 Å². The SMILES string of the molecule is Cc1oc(SN2CCCCC2)cc1C(=O)NC1CCCc2cc(C(N)=O)ccc21. The summed E-state index contributed by atoms with van der Waals surface area (Å²) in [5, 5.41) is 3.93.